The van der Waals surface area contributed by atoms with E-state index in [1.54, 1.807) is 6.07 Å². The molecule has 4 nitrogen and oxygen atoms in total. The molecule has 0 radical (unpaired) electrons. The van der Waals surface area contributed by atoms with Crippen molar-refractivity contribution in [2.24, 2.45) is 5.92 Å². The summed E-state index contributed by atoms with van der Waals surface area (Å²) < 4.78 is 4.93. The van der Waals surface area contributed by atoms with Crippen molar-refractivity contribution >= 4 is 5.97 Å². The zero-order chi connectivity index (χ0) is 20.1. The van der Waals surface area contributed by atoms with Gasteiger partial charge in [-0.3, -0.25) is 0 Å². The lowest BCUT2D eigenvalue weighted by Gasteiger charge is -2.32. The number of rotatable bonds is 7. The molecule has 2 N–H and O–H groups in total. The lowest BCUT2D eigenvalue weighted by molar-refractivity contribution is 0.0595. The predicted molar refractivity (Wildman–Crippen MR) is 108 cm³/mol. The standard InChI is InChI=1S/C23H32O4/c1-6-7-8-9-16-13-19(24)21(22(25)20(16)23(26)27-5)18-12-15(4)10-11-17(18)14(2)3/h12-13,17-18,24-25H,2,6-11H2,1,3-5H3/t17-,18+/m1/s1. The number of esters is 1. The Morgan fingerprint density at radius 3 is 2.63 bits per heavy atom. The Hall–Kier alpha value is -2.23. The first-order chi connectivity index (χ1) is 12.8. The summed E-state index contributed by atoms with van der Waals surface area (Å²) >= 11 is 0. The number of methoxy groups -OCH3 is 1. The van der Waals surface area contributed by atoms with Gasteiger partial charge in [0.25, 0.3) is 0 Å². The van der Waals surface area contributed by atoms with Gasteiger partial charge in [0.05, 0.1) is 7.11 Å². The van der Waals surface area contributed by atoms with Crippen LogP contribution in [0.1, 0.15) is 80.3 Å². The van der Waals surface area contributed by atoms with Crippen LogP contribution in [-0.2, 0) is 11.2 Å². The lowest BCUT2D eigenvalue weighted by Crippen LogP contribution is -2.18. The summed E-state index contributed by atoms with van der Waals surface area (Å²) in [5, 5.41) is 21.8. The predicted octanol–water partition coefficient (Wildman–Crippen LogP) is 5.63. The van der Waals surface area contributed by atoms with E-state index in [-0.39, 0.29) is 28.9 Å². The third-order valence-electron chi connectivity index (χ3n) is 5.55. The molecule has 0 saturated heterocycles. The fraction of sp³-hybridized carbons (Fsp3) is 0.522. The molecule has 1 aromatic rings. The highest BCUT2D eigenvalue weighted by molar-refractivity contribution is 5.95. The SMILES string of the molecule is C=C(C)[C@H]1CCC(C)=C[C@@H]1c1c(O)cc(CCCCC)c(C(=O)OC)c1O. The second kappa shape index (κ2) is 9.12. The molecule has 27 heavy (non-hydrogen) atoms. The van der Waals surface area contributed by atoms with E-state index in [1.807, 2.05) is 6.92 Å². The van der Waals surface area contributed by atoms with E-state index in [0.29, 0.717) is 17.5 Å². The minimum absolute atomic E-state index is 0.0360. The molecule has 1 aliphatic carbocycles. The number of carbonyl (C=O) groups excluding carboxylic acids is 1. The number of aromatic hydroxyl groups is 2. The van der Waals surface area contributed by atoms with Crippen molar-refractivity contribution in [3.8, 4) is 11.5 Å². The van der Waals surface area contributed by atoms with Gasteiger partial charge in [0.15, 0.2) is 0 Å². The fourth-order valence-corrected chi connectivity index (χ4v) is 4.05. The Kier molecular flexibility index (Phi) is 7.11. The van der Waals surface area contributed by atoms with Gasteiger partial charge in [-0.05, 0) is 57.1 Å². The molecule has 1 aromatic carbocycles. The number of aryl methyl sites for hydroxylation is 1. The second-order valence-corrected chi connectivity index (χ2v) is 7.67. The molecule has 0 spiro atoms. The molecule has 2 atom stereocenters. The fourth-order valence-electron chi connectivity index (χ4n) is 4.05. The number of hydrogen-bond donors (Lipinski definition) is 2. The van der Waals surface area contributed by atoms with Crippen molar-refractivity contribution in [2.45, 2.75) is 65.2 Å². The van der Waals surface area contributed by atoms with Gasteiger partial charge in [0, 0.05) is 11.5 Å². The first-order valence-corrected chi connectivity index (χ1v) is 9.80. The van der Waals surface area contributed by atoms with E-state index in [1.165, 1.54) is 12.7 Å². The molecule has 148 valence electrons. The van der Waals surface area contributed by atoms with E-state index in [9.17, 15) is 15.0 Å². The van der Waals surface area contributed by atoms with E-state index in [2.05, 4.69) is 26.5 Å². The summed E-state index contributed by atoms with van der Waals surface area (Å²) in [5.41, 5.74) is 3.44. The van der Waals surface area contributed by atoms with Crippen LogP contribution >= 0.6 is 0 Å². The van der Waals surface area contributed by atoms with Crippen molar-refractivity contribution in [1.82, 2.24) is 0 Å². The first kappa shape index (κ1) is 21.1. The Morgan fingerprint density at radius 2 is 2.04 bits per heavy atom. The van der Waals surface area contributed by atoms with Crippen molar-refractivity contribution in [2.75, 3.05) is 7.11 Å². The van der Waals surface area contributed by atoms with E-state index in [4.69, 9.17) is 4.74 Å². The molecule has 4 heteroatoms. The van der Waals surface area contributed by atoms with Crippen LogP contribution in [0.25, 0.3) is 0 Å². The van der Waals surface area contributed by atoms with Gasteiger partial charge < -0.3 is 14.9 Å². The highest BCUT2D eigenvalue weighted by Crippen LogP contribution is 2.48. The van der Waals surface area contributed by atoms with Gasteiger partial charge in [-0.15, -0.1) is 0 Å². The van der Waals surface area contributed by atoms with Crippen LogP contribution in [0.2, 0.25) is 0 Å². The molecule has 0 amide bonds. The van der Waals surface area contributed by atoms with Crippen LogP contribution in [0.3, 0.4) is 0 Å². The van der Waals surface area contributed by atoms with E-state index >= 15 is 0 Å². The number of allylic oxidation sites excluding steroid dienone is 3. The van der Waals surface area contributed by atoms with Crippen LogP contribution in [0.15, 0.2) is 29.9 Å². The smallest absolute Gasteiger partial charge is 0.341 e. The third-order valence-corrected chi connectivity index (χ3v) is 5.55. The van der Waals surface area contributed by atoms with E-state index in [0.717, 1.165) is 37.7 Å². The average molecular weight is 373 g/mol. The molecular formula is C23H32O4. The summed E-state index contributed by atoms with van der Waals surface area (Å²) in [6, 6.07) is 1.63. The molecule has 0 unspecified atom stereocenters. The van der Waals surface area contributed by atoms with Crippen molar-refractivity contribution in [1.29, 1.82) is 0 Å². The second-order valence-electron chi connectivity index (χ2n) is 7.67. The van der Waals surface area contributed by atoms with Gasteiger partial charge in [-0.1, -0.05) is 43.6 Å². The zero-order valence-electron chi connectivity index (χ0n) is 17.0. The molecule has 0 fully saturated rings. The van der Waals surface area contributed by atoms with Crippen molar-refractivity contribution in [3.05, 3.63) is 46.6 Å². The van der Waals surface area contributed by atoms with Crippen LogP contribution < -0.4 is 0 Å². The number of unbranched alkanes of at least 4 members (excludes halogenated alkanes) is 2. The molecule has 2 rings (SSSR count). The van der Waals surface area contributed by atoms with Crippen LogP contribution in [0, 0.1) is 5.92 Å². The normalized spacial score (nSPS) is 19.5. The summed E-state index contributed by atoms with van der Waals surface area (Å²) in [6.45, 7) is 10.2. The largest absolute Gasteiger partial charge is 0.507 e. The number of phenolic OH excluding ortho intramolecular Hbond substituents is 2. The highest BCUT2D eigenvalue weighted by Gasteiger charge is 2.33. The van der Waals surface area contributed by atoms with Crippen LogP contribution in [-0.4, -0.2) is 23.3 Å². The van der Waals surface area contributed by atoms with E-state index < -0.39 is 5.97 Å². The first-order valence-electron chi connectivity index (χ1n) is 9.80. The van der Waals surface area contributed by atoms with Crippen molar-refractivity contribution < 1.29 is 19.7 Å². The van der Waals surface area contributed by atoms with Crippen LogP contribution in [0.4, 0.5) is 0 Å². The Bertz CT molecular complexity index is 745. The maximum absolute atomic E-state index is 12.4. The third kappa shape index (κ3) is 4.55. The van der Waals surface area contributed by atoms with Gasteiger partial charge in [-0.25, -0.2) is 4.79 Å². The number of phenols is 2. The molecule has 0 bridgehead atoms. The number of ether oxygens (including phenoxy) is 1. The molecule has 1 aliphatic rings. The van der Waals surface area contributed by atoms with Gasteiger partial charge in [0.1, 0.15) is 17.1 Å². The summed E-state index contributed by atoms with van der Waals surface area (Å²) in [6.07, 6.45) is 7.53. The Balaban J connectivity index is 2.61. The lowest BCUT2D eigenvalue weighted by atomic mass is 9.73. The Morgan fingerprint density at radius 1 is 1.33 bits per heavy atom. The zero-order valence-corrected chi connectivity index (χ0v) is 17.0. The highest BCUT2D eigenvalue weighted by atomic mass is 16.5. The Labute approximate surface area is 162 Å². The van der Waals surface area contributed by atoms with Crippen molar-refractivity contribution in [3.63, 3.8) is 0 Å². The van der Waals surface area contributed by atoms with Crippen LogP contribution in [0.5, 0.6) is 11.5 Å². The van der Waals surface area contributed by atoms with Gasteiger partial charge in [0.2, 0.25) is 0 Å². The number of carbonyl (C=O) groups is 1. The summed E-state index contributed by atoms with van der Waals surface area (Å²) in [4.78, 5) is 12.4. The summed E-state index contributed by atoms with van der Waals surface area (Å²) in [5.74, 6) is -0.778. The maximum atomic E-state index is 12.4. The monoisotopic (exact) mass is 372 g/mol. The summed E-state index contributed by atoms with van der Waals surface area (Å²) in [7, 11) is 1.31. The molecule has 0 aromatic heterocycles. The number of benzene rings is 1. The average Bonchev–Trinajstić information content (AvgIpc) is 2.61. The minimum atomic E-state index is -0.566. The maximum Gasteiger partial charge on any atom is 0.341 e. The van der Waals surface area contributed by atoms with Gasteiger partial charge in [-0.2, -0.15) is 0 Å². The molecule has 0 heterocycles. The molecule has 0 aliphatic heterocycles. The number of hydrogen-bond acceptors (Lipinski definition) is 4. The molecule has 0 saturated carbocycles. The molecular weight excluding hydrogens is 340 g/mol. The minimum Gasteiger partial charge on any atom is -0.507 e. The van der Waals surface area contributed by atoms with Gasteiger partial charge >= 0.3 is 5.97 Å². The topological polar surface area (TPSA) is 66.8 Å². The quantitative estimate of drug-likeness (QED) is 0.370.